The maximum absolute atomic E-state index is 12.8. The monoisotopic (exact) mass is 431 g/mol. The summed E-state index contributed by atoms with van der Waals surface area (Å²) in [6, 6.07) is 16.8. The van der Waals surface area contributed by atoms with Crippen LogP contribution in [0.2, 0.25) is 0 Å². The number of amides is 3. The number of fused-ring (bicyclic) bond motifs is 1. The van der Waals surface area contributed by atoms with E-state index in [4.69, 9.17) is 0 Å². The number of carbonyl (C=O) groups excluding carboxylic acids is 3. The van der Waals surface area contributed by atoms with Crippen molar-refractivity contribution in [1.82, 2.24) is 4.90 Å². The second kappa shape index (κ2) is 8.31. The number of imide groups is 1. The van der Waals surface area contributed by atoms with Gasteiger partial charge in [-0.05, 0) is 36.2 Å². The van der Waals surface area contributed by atoms with E-state index in [0.29, 0.717) is 6.42 Å². The lowest BCUT2D eigenvalue weighted by molar-refractivity contribution is -0.384. The number of phenols is 1. The SMILES string of the molecule is O=C(Nc1cc([N+](=O)[O-])ccc1O)c1ccc2c(c1)C(=O)N(CCc1ccccc1)C2=O. The fraction of sp³-hybridized carbons (Fsp3) is 0.0870. The van der Waals surface area contributed by atoms with Crippen LogP contribution in [-0.4, -0.2) is 39.2 Å². The molecule has 0 aromatic heterocycles. The van der Waals surface area contributed by atoms with Crippen molar-refractivity contribution in [2.24, 2.45) is 0 Å². The molecule has 32 heavy (non-hydrogen) atoms. The smallest absolute Gasteiger partial charge is 0.271 e. The Kier molecular flexibility index (Phi) is 5.38. The minimum absolute atomic E-state index is 0.0701. The number of hydrogen-bond donors (Lipinski definition) is 2. The first-order valence-corrected chi connectivity index (χ1v) is 9.68. The second-order valence-corrected chi connectivity index (χ2v) is 7.17. The summed E-state index contributed by atoms with van der Waals surface area (Å²) in [5, 5.41) is 23.2. The zero-order valence-corrected chi connectivity index (χ0v) is 16.6. The molecule has 0 bridgehead atoms. The van der Waals surface area contributed by atoms with Gasteiger partial charge in [0, 0.05) is 24.2 Å². The summed E-state index contributed by atoms with van der Waals surface area (Å²) in [7, 11) is 0. The van der Waals surface area contributed by atoms with Crippen molar-refractivity contribution in [1.29, 1.82) is 0 Å². The highest BCUT2D eigenvalue weighted by Crippen LogP contribution is 2.29. The third kappa shape index (κ3) is 3.91. The summed E-state index contributed by atoms with van der Waals surface area (Å²) in [4.78, 5) is 49.5. The number of non-ortho nitro benzene ring substituents is 1. The predicted octanol–water partition coefficient (Wildman–Crippen LogP) is 3.39. The van der Waals surface area contributed by atoms with Crippen LogP contribution in [0.4, 0.5) is 11.4 Å². The van der Waals surface area contributed by atoms with Crippen LogP contribution in [0, 0.1) is 10.1 Å². The van der Waals surface area contributed by atoms with Gasteiger partial charge in [0.05, 0.1) is 21.7 Å². The minimum Gasteiger partial charge on any atom is -0.506 e. The molecule has 2 N–H and O–H groups in total. The number of aromatic hydroxyl groups is 1. The highest BCUT2D eigenvalue weighted by Gasteiger charge is 2.35. The molecule has 0 atom stereocenters. The van der Waals surface area contributed by atoms with Gasteiger partial charge in [-0.15, -0.1) is 0 Å². The number of nitrogens with one attached hydrogen (secondary N) is 1. The molecule has 1 heterocycles. The van der Waals surface area contributed by atoms with Crippen LogP contribution in [0.15, 0.2) is 66.7 Å². The van der Waals surface area contributed by atoms with Crippen LogP contribution in [0.1, 0.15) is 36.6 Å². The Balaban J connectivity index is 1.53. The van der Waals surface area contributed by atoms with Crippen LogP contribution in [-0.2, 0) is 6.42 Å². The lowest BCUT2D eigenvalue weighted by atomic mass is 10.1. The Bertz CT molecular complexity index is 1260. The maximum atomic E-state index is 12.8. The van der Waals surface area contributed by atoms with Crippen molar-refractivity contribution >= 4 is 29.1 Å². The molecule has 3 amide bonds. The van der Waals surface area contributed by atoms with Crippen molar-refractivity contribution in [3.63, 3.8) is 0 Å². The Morgan fingerprint density at radius 2 is 1.69 bits per heavy atom. The first-order valence-electron chi connectivity index (χ1n) is 9.68. The van der Waals surface area contributed by atoms with Crippen molar-refractivity contribution in [3.05, 3.63) is 99.1 Å². The lowest BCUT2D eigenvalue weighted by Gasteiger charge is -2.13. The third-order valence-electron chi connectivity index (χ3n) is 5.14. The molecular weight excluding hydrogens is 414 g/mol. The van der Waals surface area contributed by atoms with Crippen LogP contribution in [0.25, 0.3) is 0 Å². The van der Waals surface area contributed by atoms with Gasteiger partial charge < -0.3 is 10.4 Å². The summed E-state index contributed by atoms with van der Waals surface area (Å²) in [5.74, 6) is -1.95. The van der Waals surface area contributed by atoms with Crippen molar-refractivity contribution < 1.29 is 24.4 Å². The van der Waals surface area contributed by atoms with E-state index < -0.39 is 22.6 Å². The standard InChI is InChI=1S/C23H17N3O6/c27-20-9-7-16(26(31)32)13-19(20)24-21(28)15-6-8-17-18(12-15)23(30)25(22(17)29)11-10-14-4-2-1-3-5-14/h1-9,12-13,27H,10-11H2,(H,24,28). The summed E-state index contributed by atoms with van der Waals surface area (Å²) in [6.45, 7) is 0.208. The Morgan fingerprint density at radius 3 is 2.41 bits per heavy atom. The van der Waals surface area contributed by atoms with E-state index in [2.05, 4.69) is 5.32 Å². The summed E-state index contributed by atoms with van der Waals surface area (Å²) in [6.07, 6.45) is 0.506. The first-order chi connectivity index (χ1) is 15.3. The molecule has 3 aromatic rings. The molecule has 0 unspecified atom stereocenters. The second-order valence-electron chi connectivity index (χ2n) is 7.17. The van der Waals surface area contributed by atoms with E-state index in [9.17, 15) is 29.6 Å². The predicted molar refractivity (Wildman–Crippen MR) is 115 cm³/mol. The average molecular weight is 431 g/mol. The maximum Gasteiger partial charge on any atom is 0.271 e. The van der Waals surface area contributed by atoms with Crippen molar-refractivity contribution in [3.8, 4) is 5.75 Å². The van der Waals surface area contributed by atoms with Gasteiger partial charge >= 0.3 is 0 Å². The molecule has 0 spiro atoms. The summed E-state index contributed by atoms with van der Waals surface area (Å²) < 4.78 is 0. The van der Waals surface area contributed by atoms with Gasteiger partial charge in [0.15, 0.2) is 0 Å². The fourth-order valence-electron chi connectivity index (χ4n) is 3.45. The largest absolute Gasteiger partial charge is 0.506 e. The fourth-order valence-corrected chi connectivity index (χ4v) is 3.45. The molecule has 9 nitrogen and oxygen atoms in total. The van der Waals surface area contributed by atoms with Gasteiger partial charge in [0.25, 0.3) is 23.4 Å². The molecule has 3 aromatic carbocycles. The Labute approximate surface area is 182 Å². The van der Waals surface area contributed by atoms with Crippen LogP contribution < -0.4 is 5.32 Å². The molecule has 0 saturated heterocycles. The van der Waals surface area contributed by atoms with Crippen LogP contribution >= 0.6 is 0 Å². The van der Waals surface area contributed by atoms with Gasteiger partial charge in [0.2, 0.25) is 0 Å². The number of hydrogen-bond acceptors (Lipinski definition) is 6. The highest BCUT2D eigenvalue weighted by atomic mass is 16.6. The number of anilines is 1. The summed E-state index contributed by atoms with van der Waals surface area (Å²) in [5.41, 5.74) is 0.928. The molecule has 0 radical (unpaired) electrons. The molecule has 0 fully saturated rings. The third-order valence-corrected chi connectivity index (χ3v) is 5.14. The molecule has 1 aliphatic rings. The summed E-state index contributed by atoms with van der Waals surface area (Å²) >= 11 is 0. The zero-order valence-electron chi connectivity index (χ0n) is 16.6. The Morgan fingerprint density at radius 1 is 0.969 bits per heavy atom. The minimum atomic E-state index is -0.688. The van der Waals surface area contributed by atoms with Crippen LogP contribution in [0.3, 0.4) is 0 Å². The van der Waals surface area contributed by atoms with E-state index in [1.165, 1.54) is 18.2 Å². The Hall–Kier alpha value is -4.53. The van der Waals surface area contributed by atoms with Gasteiger partial charge in [-0.3, -0.25) is 29.4 Å². The van der Waals surface area contributed by atoms with Crippen molar-refractivity contribution in [2.45, 2.75) is 6.42 Å². The lowest BCUT2D eigenvalue weighted by Crippen LogP contribution is -2.31. The molecular formula is C23H17N3O6. The van der Waals surface area contributed by atoms with E-state index >= 15 is 0 Å². The number of nitrogens with zero attached hydrogens (tertiary/aromatic N) is 2. The average Bonchev–Trinajstić information content (AvgIpc) is 3.03. The number of benzene rings is 3. The van der Waals surface area contributed by atoms with E-state index in [1.807, 2.05) is 30.3 Å². The number of nitro groups is 1. The number of nitro benzene ring substituents is 1. The number of phenolic OH excluding ortho intramolecular Hbond substituents is 1. The molecule has 4 rings (SSSR count). The zero-order chi connectivity index (χ0) is 22.8. The number of rotatable bonds is 6. The van der Waals surface area contributed by atoms with Crippen molar-refractivity contribution in [2.75, 3.05) is 11.9 Å². The van der Waals surface area contributed by atoms with E-state index in [-0.39, 0.29) is 40.4 Å². The van der Waals surface area contributed by atoms with Gasteiger partial charge in [0.1, 0.15) is 5.75 Å². The molecule has 9 heteroatoms. The topological polar surface area (TPSA) is 130 Å². The highest BCUT2D eigenvalue weighted by molar-refractivity contribution is 6.22. The van der Waals surface area contributed by atoms with E-state index in [0.717, 1.165) is 28.7 Å². The molecule has 1 aliphatic heterocycles. The van der Waals surface area contributed by atoms with E-state index in [1.54, 1.807) is 0 Å². The number of carbonyl (C=O) groups is 3. The molecule has 0 saturated carbocycles. The molecule has 0 aliphatic carbocycles. The van der Waals surface area contributed by atoms with Gasteiger partial charge in [-0.25, -0.2) is 0 Å². The quantitative estimate of drug-likeness (QED) is 0.266. The normalized spacial score (nSPS) is 12.6. The van der Waals surface area contributed by atoms with Gasteiger partial charge in [-0.2, -0.15) is 0 Å². The van der Waals surface area contributed by atoms with Gasteiger partial charge in [-0.1, -0.05) is 30.3 Å². The molecule has 160 valence electrons. The first kappa shape index (κ1) is 20.7. The van der Waals surface area contributed by atoms with Crippen LogP contribution in [0.5, 0.6) is 5.75 Å².